The Labute approximate surface area is 222 Å². The van der Waals surface area contributed by atoms with Gasteiger partial charge >= 0.3 is 0 Å². The fraction of sp³-hybridized carbons (Fsp3) is 0.552. The molecule has 2 aromatic rings. The number of aryl methyl sites for hydroxylation is 1. The molecule has 0 amide bonds. The zero-order chi connectivity index (χ0) is 24.9. The van der Waals surface area contributed by atoms with Crippen LogP contribution in [0.5, 0.6) is 0 Å². The van der Waals surface area contributed by atoms with Gasteiger partial charge in [0.05, 0.1) is 5.70 Å². The van der Waals surface area contributed by atoms with Gasteiger partial charge < -0.3 is 19.5 Å². The predicted octanol–water partition coefficient (Wildman–Crippen LogP) is 4.47. The Kier molecular flexibility index (Phi) is 6.22. The van der Waals surface area contributed by atoms with Crippen LogP contribution in [0, 0.1) is 17.8 Å². The molecule has 0 bridgehead atoms. The van der Waals surface area contributed by atoms with Crippen LogP contribution in [0.1, 0.15) is 50.3 Å². The van der Waals surface area contributed by atoms with Gasteiger partial charge in [0.15, 0.2) is 5.82 Å². The van der Waals surface area contributed by atoms with Gasteiger partial charge in [-0.2, -0.15) is 4.98 Å². The zero-order valence-electron chi connectivity index (χ0n) is 21.5. The molecule has 8 heteroatoms. The van der Waals surface area contributed by atoms with E-state index in [4.69, 9.17) is 19.7 Å². The third-order valence-electron chi connectivity index (χ3n) is 8.82. The van der Waals surface area contributed by atoms with Crippen LogP contribution >= 0.6 is 0 Å². The quantitative estimate of drug-likeness (QED) is 0.589. The number of benzene rings is 1. The van der Waals surface area contributed by atoms with Crippen LogP contribution in [0.3, 0.4) is 0 Å². The van der Waals surface area contributed by atoms with E-state index >= 15 is 0 Å². The third-order valence-corrected chi connectivity index (χ3v) is 10.3. The number of fused-ring (bicyclic) bond motifs is 2. The highest BCUT2D eigenvalue weighted by molar-refractivity contribution is 7.91. The SMILES string of the molecule is CC1=C(c2ccccc2)N=C(C2CCN(c3nc4c(c(NC5CCOCC5)n3)[S+]([O-])CC4)CC2)[C@H]2CC12. The lowest BCUT2D eigenvalue weighted by Gasteiger charge is -2.34. The lowest BCUT2D eigenvalue weighted by molar-refractivity contribution is 0.0903. The molecule has 4 aliphatic heterocycles. The topological polar surface area (TPSA) is 85.7 Å². The number of ether oxygens (including phenoxy) is 1. The van der Waals surface area contributed by atoms with Crippen LogP contribution < -0.4 is 10.2 Å². The van der Waals surface area contributed by atoms with E-state index in [1.165, 1.54) is 29.0 Å². The van der Waals surface area contributed by atoms with Crippen molar-refractivity contribution in [2.24, 2.45) is 22.7 Å². The number of nitrogens with zero attached hydrogens (tertiary/aromatic N) is 4. The number of aliphatic imine (C=N–C) groups is 1. The molecule has 3 atom stereocenters. The predicted molar refractivity (Wildman–Crippen MR) is 147 cm³/mol. The van der Waals surface area contributed by atoms with Gasteiger partial charge in [0.1, 0.15) is 11.4 Å². The molecule has 2 saturated heterocycles. The molecule has 5 aliphatic rings. The number of nitrogens with one attached hydrogen (secondary N) is 1. The van der Waals surface area contributed by atoms with E-state index in [2.05, 4.69) is 47.5 Å². The monoisotopic (exact) mass is 517 g/mol. The molecule has 1 aromatic carbocycles. The Morgan fingerprint density at radius 1 is 1.03 bits per heavy atom. The molecule has 3 fully saturated rings. The van der Waals surface area contributed by atoms with Gasteiger partial charge in [0.25, 0.3) is 0 Å². The summed E-state index contributed by atoms with van der Waals surface area (Å²) in [6, 6.07) is 11.0. The number of allylic oxidation sites excluding steroid dienone is 1. The summed E-state index contributed by atoms with van der Waals surface area (Å²) in [4.78, 5) is 18.4. The van der Waals surface area contributed by atoms with Gasteiger partial charge in [-0.1, -0.05) is 30.3 Å². The first-order valence-corrected chi connectivity index (χ1v) is 15.2. The van der Waals surface area contributed by atoms with E-state index in [0.717, 1.165) is 80.8 Å². The second-order valence-corrected chi connectivity index (χ2v) is 12.6. The van der Waals surface area contributed by atoms with Crippen molar-refractivity contribution < 1.29 is 9.29 Å². The van der Waals surface area contributed by atoms with Crippen LogP contribution in [-0.2, 0) is 22.3 Å². The first-order chi connectivity index (χ1) is 18.2. The molecular weight excluding hydrogens is 482 g/mol. The highest BCUT2D eigenvalue weighted by atomic mass is 32.2. The Balaban J connectivity index is 1.09. The molecule has 194 valence electrons. The fourth-order valence-electron chi connectivity index (χ4n) is 6.59. The Morgan fingerprint density at radius 2 is 1.81 bits per heavy atom. The van der Waals surface area contributed by atoms with Crippen molar-refractivity contribution in [2.45, 2.75) is 56.4 Å². The van der Waals surface area contributed by atoms with Gasteiger partial charge in [0.2, 0.25) is 10.8 Å². The molecule has 7 rings (SSSR count). The summed E-state index contributed by atoms with van der Waals surface area (Å²) in [6.45, 7) is 5.67. The smallest absolute Gasteiger partial charge is 0.227 e. The maximum absolute atomic E-state index is 12.8. The van der Waals surface area contributed by atoms with Crippen molar-refractivity contribution in [1.82, 2.24) is 9.97 Å². The average Bonchev–Trinajstić information content (AvgIpc) is 3.66. The highest BCUT2D eigenvalue weighted by Crippen LogP contribution is 2.53. The number of anilines is 2. The average molecular weight is 518 g/mol. The van der Waals surface area contributed by atoms with E-state index in [1.807, 2.05) is 0 Å². The summed E-state index contributed by atoms with van der Waals surface area (Å²) >= 11 is -1.02. The zero-order valence-corrected chi connectivity index (χ0v) is 22.3. The second-order valence-electron chi connectivity index (χ2n) is 11.1. The van der Waals surface area contributed by atoms with Crippen molar-refractivity contribution in [3.63, 3.8) is 0 Å². The van der Waals surface area contributed by atoms with Gasteiger partial charge in [-0.15, -0.1) is 0 Å². The van der Waals surface area contributed by atoms with Gasteiger partial charge in [-0.25, -0.2) is 4.98 Å². The van der Waals surface area contributed by atoms with E-state index in [9.17, 15) is 4.55 Å². The van der Waals surface area contributed by atoms with Crippen molar-refractivity contribution in [3.05, 3.63) is 47.2 Å². The molecule has 2 unspecified atom stereocenters. The molecule has 0 radical (unpaired) electrons. The largest absolute Gasteiger partial charge is 0.611 e. The Morgan fingerprint density at radius 3 is 2.59 bits per heavy atom. The minimum atomic E-state index is -1.02. The first-order valence-electron chi connectivity index (χ1n) is 13.9. The highest BCUT2D eigenvalue weighted by Gasteiger charge is 2.48. The van der Waals surface area contributed by atoms with Crippen molar-refractivity contribution in [1.29, 1.82) is 0 Å². The maximum atomic E-state index is 12.8. The number of piperidine rings is 1. The van der Waals surface area contributed by atoms with Crippen molar-refractivity contribution in [3.8, 4) is 0 Å². The Hall–Kier alpha value is -2.42. The van der Waals surface area contributed by atoms with Crippen molar-refractivity contribution in [2.75, 3.05) is 42.3 Å². The minimum absolute atomic E-state index is 0.315. The van der Waals surface area contributed by atoms with Crippen LogP contribution in [-0.4, -0.2) is 58.3 Å². The number of rotatable bonds is 5. The van der Waals surface area contributed by atoms with Gasteiger partial charge in [0, 0.05) is 61.9 Å². The fourth-order valence-corrected chi connectivity index (χ4v) is 7.91. The third kappa shape index (κ3) is 4.47. The van der Waals surface area contributed by atoms with Crippen molar-refractivity contribution >= 4 is 34.4 Å². The van der Waals surface area contributed by atoms with E-state index in [1.54, 1.807) is 0 Å². The first kappa shape index (κ1) is 23.7. The standard InChI is InChI=1S/C29H35N5O2S/c1-18-22-17-23(22)26(32-25(18)19-5-3-2-4-6-19)20-7-12-34(13-8-20)29-31-24-11-16-37(35)27(24)28(33-29)30-21-9-14-36-15-10-21/h2-6,20-23H,7-17H2,1H3,(H,30,31,33)/t22?,23-,37?/m0/s1. The molecule has 37 heavy (non-hydrogen) atoms. The summed E-state index contributed by atoms with van der Waals surface area (Å²) < 4.78 is 18.3. The lowest BCUT2D eigenvalue weighted by atomic mass is 9.86. The molecule has 7 nitrogen and oxygen atoms in total. The molecule has 0 spiro atoms. The summed E-state index contributed by atoms with van der Waals surface area (Å²) in [5, 5.41) is 3.61. The molecule has 1 saturated carbocycles. The maximum Gasteiger partial charge on any atom is 0.227 e. The number of hydrogen-bond acceptors (Lipinski definition) is 7. The summed E-state index contributed by atoms with van der Waals surface area (Å²) in [5.74, 6) is 4.08. The minimum Gasteiger partial charge on any atom is -0.611 e. The van der Waals surface area contributed by atoms with E-state index in [0.29, 0.717) is 29.5 Å². The van der Waals surface area contributed by atoms with Crippen LogP contribution in [0.2, 0.25) is 0 Å². The summed E-state index contributed by atoms with van der Waals surface area (Å²) in [7, 11) is 0. The number of hydrogen-bond donors (Lipinski definition) is 1. The molecule has 5 heterocycles. The molecule has 1 aromatic heterocycles. The summed E-state index contributed by atoms with van der Waals surface area (Å²) in [6.07, 6.45) is 6.10. The molecule has 1 N–H and O–H groups in total. The van der Waals surface area contributed by atoms with Gasteiger partial charge in [-0.05, 0) is 61.7 Å². The Bertz CT molecular complexity index is 1230. The lowest BCUT2D eigenvalue weighted by Crippen LogP contribution is -2.38. The molecular formula is C29H35N5O2S. The van der Waals surface area contributed by atoms with Crippen LogP contribution in [0.15, 0.2) is 45.8 Å². The summed E-state index contributed by atoms with van der Waals surface area (Å²) in [5.41, 5.74) is 6.31. The van der Waals surface area contributed by atoms with E-state index < -0.39 is 11.2 Å². The van der Waals surface area contributed by atoms with E-state index in [-0.39, 0.29) is 0 Å². The van der Waals surface area contributed by atoms with Crippen LogP contribution in [0.25, 0.3) is 5.70 Å². The normalized spacial score (nSPS) is 28.1. The van der Waals surface area contributed by atoms with Gasteiger partial charge in [-0.3, -0.25) is 4.99 Å². The second kappa shape index (κ2) is 9.71. The number of aromatic nitrogens is 2. The molecule has 1 aliphatic carbocycles. The van der Waals surface area contributed by atoms with Crippen LogP contribution in [0.4, 0.5) is 11.8 Å².